The van der Waals surface area contributed by atoms with Crippen LogP contribution in [0.3, 0.4) is 0 Å². The highest BCUT2D eigenvalue weighted by molar-refractivity contribution is 7.89. The minimum Gasteiger partial charge on any atom is -0.456 e. The fourth-order valence-corrected chi connectivity index (χ4v) is 2.90. The molecular weight excluding hydrogens is 382 g/mol. The average molecular weight is 394 g/mol. The molecule has 2 rings (SSSR count). The first-order valence-electron chi connectivity index (χ1n) is 7.36. The normalized spacial score (nSPS) is 10.9. The molecule has 140 valence electrons. The third-order valence-electron chi connectivity index (χ3n) is 3.29. The Hall–Kier alpha value is -3.16. The van der Waals surface area contributed by atoms with Crippen molar-refractivity contribution in [2.45, 2.75) is 4.90 Å². The van der Waals surface area contributed by atoms with Crippen molar-refractivity contribution >= 4 is 21.8 Å². The van der Waals surface area contributed by atoms with E-state index in [1.165, 1.54) is 24.3 Å². The molecule has 1 N–H and O–H groups in total. The number of rotatable bonds is 7. The molecule has 0 unspecified atom stereocenters. The zero-order valence-electron chi connectivity index (χ0n) is 13.6. The minimum absolute atomic E-state index is 0.174. The van der Waals surface area contributed by atoms with Gasteiger partial charge in [-0.3, -0.25) is 9.59 Å². The molecule has 0 saturated carbocycles. The van der Waals surface area contributed by atoms with Gasteiger partial charge in [0.1, 0.15) is 18.2 Å². The van der Waals surface area contributed by atoms with Gasteiger partial charge < -0.3 is 4.74 Å². The Morgan fingerprint density at radius 3 is 2.41 bits per heavy atom. The van der Waals surface area contributed by atoms with Crippen LogP contribution in [0.15, 0.2) is 47.4 Å². The van der Waals surface area contributed by atoms with Crippen LogP contribution >= 0.6 is 0 Å². The van der Waals surface area contributed by atoms with Crippen molar-refractivity contribution in [3.05, 3.63) is 65.2 Å². The lowest BCUT2D eigenvalue weighted by Crippen LogP contribution is -2.31. The van der Waals surface area contributed by atoms with Crippen molar-refractivity contribution in [2.24, 2.45) is 0 Å². The molecule has 0 aromatic heterocycles. The largest absolute Gasteiger partial charge is 0.456 e. The number of esters is 1. The lowest BCUT2D eigenvalue weighted by molar-refractivity contribution is -0.141. The summed E-state index contributed by atoms with van der Waals surface area (Å²) in [6.07, 6.45) is 0. The second kappa shape index (κ2) is 8.48. The van der Waals surface area contributed by atoms with E-state index >= 15 is 0 Å². The second-order valence-electron chi connectivity index (χ2n) is 5.17. The topological polar surface area (TPSA) is 113 Å². The molecule has 0 aliphatic heterocycles. The summed E-state index contributed by atoms with van der Waals surface area (Å²) in [7, 11) is -4.04. The maximum atomic E-state index is 13.5. The number of nitriles is 1. The van der Waals surface area contributed by atoms with Gasteiger partial charge >= 0.3 is 5.97 Å². The summed E-state index contributed by atoms with van der Waals surface area (Å²) < 4.78 is 57.1. The predicted molar refractivity (Wildman–Crippen MR) is 88.0 cm³/mol. The number of Topliss-reactive ketones (excluding diaryl/α,β-unsaturated/α-hetero) is 1. The van der Waals surface area contributed by atoms with Crippen molar-refractivity contribution in [3.8, 4) is 6.07 Å². The highest BCUT2D eigenvalue weighted by Gasteiger charge is 2.18. The summed E-state index contributed by atoms with van der Waals surface area (Å²) in [6, 6.07) is 9.04. The number of hydrogen-bond acceptors (Lipinski definition) is 6. The molecule has 7 nitrogen and oxygen atoms in total. The van der Waals surface area contributed by atoms with Gasteiger partial charge in [0, 0.05) is 0 Å². The van der Waals surface area contributed by atoms with Gasteiger partial charge in [-0.2, -0.15) is 9.98 Å². The van der Waals surface area contributed by atoms with Gasteiger partial charge in [0.15, 0.2) is 6.61 Å². The highest BCUT2D eigenvalue weighted by atomic mass is 32.2. The van der Waals surface area contributed by atoms with Crippen LogP contribution in [-0.2, 0) is 19.6 Å². The number of carbonyl (C=O) groups is 2. The van der Waals surface area contributed by atoms with Gasteiger partial charge in [0.25, 0.3) is 0 Å². The average Bonchev–Trinajstić information content (AvgIpc) is 2.66. The predicted octanol–water partition coefficient (Wildman–Crippen LogP) is 1.54. The second-order valence-corrected chi connectivity index (χ2v) is 6.94. The van der Waals surface area contributed by atoms with E-state index in [0.29, 0.717) is 6.07 Å². The molecule has 0 aliphatic rings. The summed E-state index contributed by atoms with van der Waals surface area (Å²) in [5.41, 5.74) is -0.322. The number of nitrogens with one attached hydrogen (secondary N) is 1. The molecule has 0 atom stereocenters. The lowest BCUT2D eigenvalue weighted by Gasteiger charge is -2.08. The van der Waals surface area contributed by atoms with Crippen LogP contribution < -0.4 is 4.72 Å². The first kappa shape index (κ1) is 20.2. The van der Waals surface area contributed by atoms with Crippen LogP contribution in [0.1, 0.15) is 15.9 Å². The monoisotopic (exact) mass is 394 g/mol. The summed E-state index contributed by atoms with van der Waals surface area (Å²) >= 11 is 0. The summed E-state index contributed by atoms with van der Waals surface area (Å²) in [6.45, 7) is -1.65. The van der Waals surface area contributed by atoms with Crippen LogP contribution in [0.4, 0.5) is 8.78 Å². The van der Waals surface area contributed by atoms with E-state index in [-0.39, 0.29) is 10.5 Å². The van der Waals surface area contributed by atoms with Gasteiger partial charge in [-0.15, -0.1) is 0 Å². The minimum atomic E-state index is -4.04. The quantitative estimate of drug-likeness (QED) is 0.563. The molecule has 0 saturated heterocycles. The Balaban J connectivity index is 1.91. The smallest absolute Gasteiger partial charge is 0.321 e. The van der Waals surface area contributed by atoms with E-state index in [1.54, 1.807) is 0 Å². The van der Waals surface area contributed by atoms with Gasteiger partial charge in [0.2, 0.25) is 15.8 Å². The van der Waals surface area contributed by atoms with Crippen LogP contribution in [0.2, 0.25) is 0 Å². The number of nitrogens with zero attached hydrogens (tertiary/aromatic N) is 1. The molecule has 0 amide bonds. The summed E-state index contributed by atoms with van der Waals surface area (Å²) in [5, 5.41) is 8.68. The van der Waals surface area contributed by atoms with Gasteiger partial charge in [-0.05, 0) is 42.5 Å². The number of hydrogen-bond donors (Lipinski definition) is 1. The van der Waals surface area contributed by atoms with Crippen LogP contribution in [0.25, 0.3) is 0 Å². The van der Waals surface area contributed by atoms with E-state index in [9.17, 15) is 26.8 Å². The summed E-state index contributed by atoms with van der Waals surface area (Å²) in [5.74, 6) is -3.87. The molecule has 2 aromatic rings. The number of carbonyl (C=O) groups excluding carboxylic acids is 2. The number of halogens is 2. The van der Waals surface area contributed by atoms with E-state index in [0.717, 1.165) is 12.1 Å². The molecule has 0 fully saturated rings. The Kier molecular flexibility index (Phi) is 6.33. The zero-order valence-corrected chi connectivity index (χ0v) is 14.4. The number of ketones is 1. The molecule has 10 heteroatoms. The lowest BCUT2D eigenvalue weighted by atomic mass is 10.1. The van der Waals surface area contributed by atoms with E-state index in [2.05, 4.69) is 4.74 Å². The first-order valence-corrected chi connectivity index (χ1v) is 8.85. The fraction of sp³-hybridized carbons (Fsp3) is 0.118. The standard InChI is InChI=1S/C17H12F2N2O5S/c18-12-3-6-15(19)14(7-12)16(22)10-26-17(23)9-21-27(24,25)13-4-1-11(8-20)2-5-13/h1-7,21H,9-10H2. The maximum Gasteiger partial charge on any atom is 0.321 e. The Labute approximate surface area is 153 Å². The SMILES string of the molecule is N#Cc1ccc(S(=O)(=O)NCC(=O)OCC(=O)c2cc(F)ccc2F)cc1. The van der Waals surface area contributed by atoms with Crippen LogP contribution in [0.5, 0.6) is 0 Å². The molecular formula is C17H12F2N2O5S. The molecule has 27 heavy (non-hydrogen) atoms. The van der Waals surface area contributed by atoms with Crippen molar-refractivity contribution < 1.29 is 31.5 Å². The Morgan fingerprint density at radius 1 is 1.11 bits per heavy atom. The van der Waals surface area contributed by atoms with Crippen molar-refractivity contribution in [1.82, 2.24) is 4.72 Å². The Bertz CT molecular complexity index is 1010. The van der Waals surface area contributed by atoms with Gasteiger partial charge in [-0.25, -0.2) is 17.2 Å². The van der Waals surface area contributed by atoms with Crippen molar-refractivity contribution in [2.75, 3.05) is 13.2 Å². The van der Waals surface area contributed by atoms with Crippen molar-refractivity contribution in [3.63, 3.8) is 0 Å². The van der Waals surface area contributed by atoms with E-state index in [4.69, 9.17) is 5.26 Å². The third kappa shape index (κ3) is 5.40. The van der Waals surface area contributed by atoms with Gasteiger partial charge in [0.05, 0.1) is 22.1 Å². The zero-order chi connectivity index (χ0) is 20.0. The number of ether oxygens (including phenoxy) is 1. The van der Waals surface area contributed by atoms with Crippen LogP contribution in [-0.4, -0.2) is 33.3 Å². The molecule has 2 aromatic carbocycles. The van der Waals surface area contributed by atoms with E-state index < -0.39 is 52.1 Å². The Morgan fingerprint density at radius 2 is 1.78 bits per heavy atom. The van der Waals surface area contributed by atoms with E-state index in [1.807, 2.05) is 10.8 Å². The molecule has 0 bridgehead atoms. The van der Waals surface area contributed by atoms with Gasteiger partial charge in [-0.1, -0.05) is 0 Å². The molecule has 0 heterocycles. The summed E-state index contributed by atoms with van der Waals surface area (Å²) in [4.78, 5) is 23.2. The van der Waals surface area contributed by atoms with Crippen LogP contribution in [0, 0.1) is 23.0 Å². The van der Waals surface area contributed by atoms with Crippen molar-refractivity contribution in [1.29, 1.82) is 5.26 Å². The molecule has 0 radical (unpaired) electrons. The third-order valence-corrected chi connectivity index (χ3v) is 4.71. The molecule has 0 aliphatic carbocycles. The maximum absolute atomic E-state index is 13.5. The first-order chi connectivity index (χ1) is 12.7. The fourth-order valence-electron chi connectivity index (χ4n) is 1.93. The highest BCUT2D eigenvalue weighted by Crippen LogP contribution is 2.11. The molecule has 0 spiro atoms. The number of benzene rings is 2. The number of sulfonamides is 1.